The van der Waals surface area contributed by atoms with E-state index in [4.69, 9.17) is 21.7 Å². The molecule has 1 aromatic carbocycles. The second kappa shape index (κ2) is 26.0. The lowest BCUT2D eigenvalue weighted by molar-refractivity contribution is -0.144. The van der Waals surface area contributed by atoms with Gasteiger partial charge in [0.05, 0.1) is 44.2 Å². The van der Waals surface area contributed by atoms with E-state index < -0.39 is 140 Å². The molecule has 0 bridgehead atoms. The van der Waals surface area contributed by atoms with E-state index >= 15 is 0 Å². The zero-order valence-electron chi connectivity index (χ0n) is 32.2. The second-order valence-corrected chi connectivity index (χ2v) is 13.3. The quantitative estimate of drug-likeness (QED) is 0.0264. The minimum Gasteiger partial charge on any atom is -0.508 e. The van der Waals surface area contributed by atoms with Crippen molar-refractivity contribution in [3.8, 4) is 5.75 Å². The van der Waals surface area contributed by atoms with E-state index in [0.717, 1.165) is 0 Å². The molecule has 0 radical (unpaired) electrons. The zero-order chi connectivity index (χ0) is 46.4. The highest BCUT2D eigenvalue weighted by Gasteiger charge is 2.35. The van der Waals surface area contributed by atoms with Crippen molar-refractivity contribution in [2.24, 2.45) is 11.5 Å². The van der Waals surface area contributed by atoms with Gasteiger partial charge < -0.3 is 78.8 Å². The molecule has 0 unspecified atom stereocenters. The van der Waals surface area contributed by atoms with Crippen LogP contribution in [0.1, 0.15) is 56.9 Å². The number of rotatable bonds is 29. The summed E-state index contributed by atoms with van der Waals surface area (Å²) in [6.07, 6.45) is -5.45. The van der Waals surface area contributed by atoms with Crippen LogP contribution in [0.25, 0.3) is 0 Å². The minimum atomic E-state index is -2.18. The average molecular weight is 869 g/mol. The first kappa shape index (κ1) is 51.8. The number of carboxylic acids is 5. The average Bonchev–Trinajstić information content (AvgIpc) is 3.15. The van der Waals surface area contributed by atoms with Gasteiger partial charge in [0, 0.05) is 6.42 Å². The lowest BCUT2D eigenvalue weighted by atomic mass is 10.0. The molecule has 61 heavy (non-hydrogen) atoms. The fourth-order valence-electron chi connectivity index (χ4n) is 5.24. The maximum Gasteiger partial charge on any atom is 0.305 e. The summed E-state index contributed by atoms with van der Waals surface area (Å²) in [5, 5.41) is 68.4. The Morgan fingerprint density at radius 3 is 1.30 bits per heavy atom. The summed E-state index contributed by atoms with van der Waals surface area (Å²) in [5.41, 5.74) is 11.6. The lowest BCUT2D eigenvalue weighted by Gasteiger charge is -2.27. The highest BCUT2D eigenvalue weighted by molar-refractivity contribution is 5.99. The van der Waals surface area contributed by atoms with E-state index in [1.165, 1.54) is 24.3 Å². The van der Waals surface area contributed by atoms with Crippen molar-refractivity contribution in [1.82, 2.24) is 31.9 Å². The van der Waals surface area contributed by atoms with Crippen LogP contribution in [0.4, 0.5) is 0 Å². The molecule has 0 aliphatic heterocycles. The van der Waals surface area contributed by atoms with Crippen molar-refractivity contribution in [3.63, 3.8) is 0 Å². The molecule has 6 amide bonds. The number of aliphatic carboxylic acids is 5. The zero-order valence-corrected chi connectivity index (χ0v) is 32.2. The Bertz CT molecular complexity index is 1790. The van der Waals surface area contributed by atoms with E-state index in [-0.39, 0.29) is 37.8 Å². The van der Waals surface area contributed by atoms with Gasteiger partial charge in [0.15, 0.2) is 0 Å². The smallest absolute Gasteiger partial charge is 0.305 e. The van der Waals surface area contributed by atoms with E-state index in [1.807, 2.05) is 16.0 Å². The van der Waals surface area contributed by atoms with Gasteiger partial charge in [0.1, 0.15) is 42.2 Å². The van der Waals surface area contributed by atoms with E-state index in [9.17, 15) is 78.0 Å². The lowest BCUT2D eigenvalue weighted by Crippen LogP contribution is -2.60. The molecule has 0 heterocycles. The molecule has 0 saturated heterocycles. The molecule has 26 heteroatoms. The number of unbranched alkanes of at least 4 members (excludes halogenated alkanes) is 1. The van der Waals surface area contributed by atoms with E-state index in [1.54, 1.807) is 0 Å². The number of hydrogen-bond donors (Lipinski definition) is 14. The SMILES string of the molecule is NCCCC[C@H](NC(=O)[C@H](Cc1ccc(O)cc1)NC(=O)[C@@H](N)CC(=O)O)C(=O)N[C@@H](CC(=O)O)C(=O)N[C@@H](CC(=O)O)C(=O)N[C@@H](CC(=O)O)C(=O)N[C@H](C=O)CC(=O)O. The summed E-state index contributed by atoms with van der Waals surface area (Å²) < 4.78 is 0. The Morgan fingerprint density at radius 2 is 0.885 bits per heavy atom. The van der Waals surface area contributed by atoms with Crippen molar-refractivity contribution < 1.29 is 88.2 Å². The van der Waals surface area contributed by atoms with Gasteiger partial charge in [-0.1, -0.05) is 12.1 Å². The summed E-state index contributed by atoms with van der Waals surface area (Å²) in [7, 11) is 0. The number of benzene rings is 1. The van der Waals surface area contributed by atoms with Crippen LogP contribution in [0.5, 0.6) is 5.75 Å². The number of aromatic hydroxyl groups is 1. The van der Waals surface area contributed by atoms with Gasteiger partial charge in [-0.2, -0.15) is 0 Å². The number of nitrogens with one attached hydrogen (secondary N) is 6. The molecule has 0 aliphatic rings. The number of nitrogens with two attached hydrogens (primary N) is 2. The molecule has 0 aliphatic carbocycles. The Labute approximate surface area is 345 Å². The molecule has 7 atom stereocenters. The molecule has 16 N–H and O–H groups in total. The topological polar surface area (TPSA) is 450 Å². The fraction of sp³-hybridized carbons (Fsp3) is 0.486. The van der Waals surface area contributed by atoms with E-state index in [0.29, 0.717) is 12.0 Å². The number of carbonyl (C=O) groups excluding carboxylic acids is 7. The minimum absolute atomic E-state index is 0.0131. The van der Waals surface area contributed by atoms with Gasteiger partial charge >= 0.3 is 29.8 Å². The summed E-state index contributed by atoms with van der Waals surface area (Å²) in [6.45, 7) is 0.120. The number of carboxylic acid groups (broad SMARTS) is 5. The molecular weight excluding hydrogens is 820 g/mol. The number of carbonyl (C=O) groups is 12. The maximum absolute atomic E-state index is 13.7. The largest absolute Gasteiger partial charge is 0.508 e. The number of amides is 6. The molecular formula is C35H48N8O18. The molecule has 0 aromatic heterocycles. The first-order valence-electron chi connectivity index (χ1n) is 18.2. The summed E-state index contributed by atoms with van der Waals surface area (Å²) in [5.74, 6) is -16.0. The molecule has 0 spiro atoms. The third-order valence-corrected chi connectivity index (χ3v) is 8.24. The predicted molar refractivity (Wildman–Crippen MR) is 202 cm³/mol. The van der Waals surface area contributed by atoms with Crippen molar-refractivity contribution in [2.75, 3.05) is 6.54 Å². The van der Waals surface area contributed by atoms with Gasteiger partial charge in [0.2, 0.25) is 35.4 Å². The third-order valence-electron chi connectivity index (χ3n) is 8.24. The second-order valence-electron chi connectivity index (χ2n) is 13.3. The van der Waals surface area contributed by atoms with Crippen molar-refractivity contribution in [2.45, 2.75) is 100 Å². The van der Waals surface area contributed by atoms with Crippen LogP contribution in [0.15, 0.2) is 24.3 Å². The van der Waals surface area contributed by atoms with E-state index in [2.05, 4.69) is 16.0 Å². The van der Waals surface area contributed by atoms with Gasteiger partial charge in [-0.25, -0.2) is 0 Å². The molecule has 0 fully saturated rings. The molecule has 0 saturated carbocycles. The van der Waals surface area contributed by atoms with Crippen molar-refractivity contribution >= 4 is 71.6 Å². The van der Waals surface area contributed by atoms with Gasteiger partial charge in [-0.15, -0.1) is 0 Å². The standard InChI is InChI=1S/C35H48N8O18/c36-8-2-1-3-20(39-33(59)21(9-16-4-6-18(45)7-5-16)40-30(56)19(37)11-26(48)49)31(57)41-23(13-28(52)53)34(60)43-24(14-29(54)55)35(61)42-22(12-27(50)51)32(58)38-17(15-44)10-25(46)47/h4-7,15,17,19-24,45H,1-3,8-14,36-37H2,(H,38,58)(H,39,59)(H,40,56)(H,41,57)(H,42,61)(H,43,60)(H,46,47)(H,48,49)(H,50,51)(H,52,53)(H,54,55)/t17-,19-,20-,21-,22-,23-,24-/m0/s1. The first-order valence-corrected chi connectivity index (χ1v) is 18.2. The van der Waals surface area contributed by atoms with Crippen LogP contribution in [0.3, 0.4) is 0 Å². The summed E-state index contributed by atoms with van der Waals surface area (Å²) in [6, 6.07) is -7.46. The molecule has 26 nitrogen and oxygen atoms in total. The maximum atomic E-state index is 13.7. The Balaban J connectivity index is 3.43. The van der Waals surface area contributed by atoms with Crippen LogP contribution in [0, 0.1) is 0 Å². The highest BCUT2D eigenvalue weighted by Crippen LogP contribution is 2.13. The normalized spacial score (nSPS) is 14.1. The Morgan fingerprint density at radius 1 is 0.508 bits per heavy atom. The molecule has 1 rings (SSSR count). The number of hydrogen-bond acceptors (Lipinski definition) is 15. The number of phenols is 1. The van der Waals surface area contributed by atoms with Crippen LogP contribution in [0.2, 0.25) is 0 Å². The van der Waals surface area contributed by atoms with Crippen LogP contribution >= 0.6 is 0 Å². The summed E-state index contributed by atoms with van der Waals surface area (Å²) in [4.78, 5) is 148. The molecule has 336 valence electrons. The van der Waals surface area contributed by atoms with Gasteiger partial charge in [-0.05, 0) is 43.5 Å². The number of phenolic OH excluding ortho intramolecular Hbond substituents is 1. The number of aldehydes is 1. The summed E-state index contributed by atoms with van der Waals surface area (Å²) >= 11 is 0. The fourth-order valence-corrected chi connectivity index (χ4v) is 5.24. The highest BCUT2D eigenvalue weighted by atomic mass is 16.4. The Hall–Kier alpha value is -7.22. The van der Waals surface area contributed by atoms with Crippen molar-refractivity contribution in [3.05, 3.63) is 29.8 Å². The van der Waals surface area contributed by atoms with Gasteiger partial charge in [-0.3, -0.25) is 52.7 Å². The molecule has 1 aromatic rings. The van der Waals surface area contributed by atoms with Crippen LogP contribution in [-0.4, -0.2) is 151 Å². The van der Waals surface area contributed by atoms with Gasteiger partial charge in [0.25, 0.3) is 0 Å². The third kappa shape index (κ3) is 20.3. The predicted octanol–water partition coefficient (Wildman–Crippen LogP) is -5.13. The monoisotopic (exact) mass is 868 g/mol. The van der Waals surface area contributed by atoms with Crippen LogP contribution < -0.4 is 43.4 Å². The van der Waals surface area contributed by atoms with Crippen LogP contribution in [-0.2, 0) is 64.0 Å². The first-order chi connectivity index (χ1) is 28.6. The Kier molecular flexibility index (Phi) is 22.1. The van der Waals surface area contributed by atoms with Crippen molar-refractivity contribution in [1.29, 1.82) is 0 Å².